The van der Waals surface area contributed by atoms with Crippen molar-refractivity contribution in [2.24, 2.45) is 12.2 Å². The van der Waals surface area contributed by atoms with Crippen LogP contribution in [0.1, 0.15) is 40.5 Å². The third-order valence-corrected chi connectivity index (χ3v) is 9.33. The van der Waals surface area contributed by atoms with Crippen LogP contribution in [0.25, 0.3) is 33.4 Å². The molecule has 0 unspecified atom stereocenters. The first kappa shape index (κ1) is 26.4. The number of nitrogens with zero attached hydrogens (tertiary/aromatic N) is 5. The Morgan fingerprint density at radius 2 is 1.71 bits per heavy atom. The Balaban J connectivity index is 0.00000167. The molecule has 0 radical (unpaired) electrons. The Morgan fingerprint density at radius 1 is 1.03 bits per heavy atom. The van der Waals surface area contributed by atoms with E-state index in [-0.39, 0.29) is 16.3 Å². The third-order valence-electron chi connectivity index (χ3n) is 5.71. The Hall–Kier alpha value is -3.16. The van der Waals surface area contributed by atoms with Crippen molar-refractivity contribution in [2.45, 2.75) is 55.6 Å². The molecule has 0 aliphatic rings. The number of hydrogen-bond acceptors (Lipinski definition) is 8. The quantitative estimate of drug-likeness (QED) is 0.376. The van der Waals surface area contributed by atoms with E-state index >= 15 is 0 Å². The number of sulfone groups is 1. The topological polar surface area (TPSA) is 167 Å². The number of aromatic nitrogens is 6. The molecular formula is C22H29N7O4S2. The number of H-pyrrole nitrogens is 1. The zero-order valence-corrected chi connectivity index (χ0v) is 21.9. The molecule has 0 aliphatic carbocycles. The van der Waals surface area contributed by atoms with Crippen molar-refractivity contribution in [1.82, 2.24) is 30.4 Å². The molecule has 3 N–H and O–H groups in total. The van der Waals surface area contributed by atoms with Crippen LogP contribution < -0.4 is 5.14 Å². The number of fused-ring (bicyclic) bond motifs is 1. The largest absolute Gasteiger partial charge is 0.268 e. The van der Waals surface area contributed by atoms with Gasteiger partial charge in [0.05, 0.1) is 27.4 Å². The van der Waals surface area contributed by atoms with Gasteiger partial charge in [0.15, 0.2) is 9.84 Å². The minimum Gasteiger partial charge on any atom is -0.268 e. The van der Waals surface area contributed by atoms with Gasteiger partial charge in [-0.15, -0.1) is 10.2 Å². The molecule has 4 rings (SSSR count). The summed E-state index contributed by atoms with van der Waals surface area (Å²) in [4.78, 5) is -0.921. The lowest BCUT2D eigenvalue weighted by Crippen LogP contribution is -2.25. The van der Waals surface area contributed by atoms with Gasteiger partial charge < -0.3 is 0 Å². The van der Waals surface area contributed by atoms with Crippen LogP contribution in [0, 0.1) is 0 Å². The molecule has 4 aromatic rings. The predicted octanol–water partition coefficient (Wildman–Crippen LogP) is 3.06. The fraction of sp³-hybridized carbons (Fsp3) is 0.364. The fourth-order valence-electron chi connectivity index (χ4n) is 4.10. The smallest absolute Gasteiger partial charge is 0.240 e. The van der Waals surface area contributed by atoms with Gasteiger partial charge in [-0.3, -0.25) is 4.68 Å². The monoisotopic (exact) mass is 519 g/mol. The summed E-state index contributed by atoms with van der Waals surface area (Å²) in [6.45, 7) is 7.47. The average molecular weight is 520 g/mol. The van der Waals surface area contributed by atoms with Crippen LogP contribution in [0.5, 0.6) is 0 Å². The Kier molecular flexibility index (Phi) is 7.72. The summed E-state index contributed by atoms with van der Waals surface area (Å²) in [6, 6.07) is 8.29. The van der Waals surface area contributed by atoms with Crippen molar-refractivity contribution >= 4 is 30.8 Å². The molecule has 35 heavy (non-hydrogen) atoms. The van der Waals surface area contributed by atoms with E-state index in [0.29, 0.717) is 24.0 Å². The number of hydrogen-bond donors (Lipinski definition) is 2. The first-order chi connectivity index (χ1) is 16.6. The Labute approximate surface area is 204 Å². The Morgan fingerprint density at radius 3 is 2.29 bits per heavy atom. The van der Waals surface area contributed by atoms with Gasteiger partial charge in [-0.2, -0.15) is 10.3 Å². The Bertz CT molecular complexity index is 1540. The molecule has 0 saturated carbocycles. The summed E-state index contributed by atoms with van der Waals surface area (Å²) >= 11 is 0. The average Bonchev–Trinajstić information content (AvgIpc) is 3.50. The van der Waals surface area contributed by atoms with Gasteiger partial charge in [0.2, 0.25) is 15.8 Å². The predicted molar refractivity (Wildman–Crippen MR) is 134 cm³/mol. The molecule has 0 fully saturated rings. The zero-order valence-electron chi connectivity index (χ0n) is 20.2. The number of benzene rings is 2. The van der Waals surface area contributed by atoms with Gasteiger partial charge in [-0.1, -0.05) is 45.9 Å². The maximum absolute atomic E-state index is 13.4. The van der Waals surface area contributed by atoms with E-state index in [1.54, 1.807) is 50.0 Å². The second-order valence-corrected chi connectivity index (χ2v) is 11.3. The molecule has 0 amide bonds. The second kappa shape index (κ2) is 10.2. The number of tetrazole rings is 1. The lowest BCUT2D eigenvalue weighted by molar-refractivity contribution is 0.565. The van der Waals surface area contributed by atoms with Crippen molar-refractivity contribution in [3.63, 3.8) is 0 Å². The van der Waals surface area contributed by atoms with E-state index in [4.69, 9.17) is 5.14 Å². The van der Waals surface area contributed by atoms with Crippen LogP contribution in [-0.4, -0.2) is 52.5 Å². The van der Waals surface area contributed by atoms with E-state index < -0.39 is 30.0 Å². The minimum absolute atomic E-state index is 0.0327. The summed E-state index contributed by atoms with van der Waals surface area (Å²) in [5.41, 5.74) is 1.78. The van der Waals surface area contributed by atoms with Gasteiger partial charge in [-0.05, 0) is 41.3 Å². The van der Waals surface area contributed by atoms with Crippen LogP contribution in [0.4, 0.5) is 0 Å². The van der Waals surface area contributed by atoms with Crippen LogP contribution >= 0.6 is 0 Å². The number of aryl methyl sites for hydroxylation is 1. The van der Waals surface area contributed by atoms with E-state index in [9.17, 15) is 16.8 Å². The fourth-order valence-corrected chi connectivity index (χ4v) is 7.49. The molecule has 13 heteroatoms. The third kappa shape index (κ3) is 4.70. The van der Waals surface area contributed by atoms with Gasteiger partial charge in [0.25, 0.3) is 0 Å². The van der Waals surface area contributed by atoms with Crippen LogP contribution in [-0.2, 0) is 26.9 Å². The molecule has 11 nitrogen and oxygen atoms in total. The zero-order chi connectivity index (χ0) is 26.0. The molecule has 0 aliphatic heterocycles. The number of primary sulfonamides is 1. The molecule has 0 atom stereocenters. The normalized spacial score (nSPS) is 12.1. The lowest BCUT2D eigenvalue weighted by Gasteiger charge is -2.20. The van der Waals surface area contributed by atoms with Crippen molar-refractivity contribution in [3.05, 3.63) is 36.5 Å². The maximum atomic E-state index is 13.4. The summed E-state index contributed by atoms with van der Waals surface area (Å²) in [5, 5.41) is 23.6. The summed E-state index contributed by atoms with van der Waals surface area (Å²) in [7, 11) is -6.77. The number of nitrogens with two attached hydrogens (primary N) is 1. The highest BCUT2D eigenvalue weighted by Crippen LogP contribution is 2.42. The van der Waals surface area contributed by atoms with Crippen molar-refractivity contribution in [2.75, 3.05) is 0 Å². The molecule has 0 spiro atoms. The minimum atomic E-state index is -4.52. The van der Waals surface area contributed by atoms with Crippen LogP contribution in [0.3, 0.4) is 0 Å². The lowest BCUT2D eigenvalue weighted by atomic mass is 9.96. The SMILES string of the molecule is CC.CCC(CC)S(=O)(=O)c1ccc(-c2cccc3c2cnn3C)c(-c2nn[nH]n2)c1S(N)(=O)=O. The second-order valence-electron chi connectivity index (χ2n) is 7.59. The van der Waals surface area contributed by atoms with Gasteiger partial charge in [-0.25, -0.2) is 22.0 Å². The van der Waals surface area contributed by atoms with Crippen molar-refractivity contribution < 1.29 is 16.8 Å². The molecule has 0 saturated heterocycles. The van der Waals surface area contributed by atoms with Crippen LogP contribution in [0.2, 0.25) is 0 Å². The maximum Gasteiger partial charge on any atom is 0.240 e. The first-order valence-corrected chi connectivity index (χ1v) is 14.3. The van der Waals surface area contributed by atoms with Gasteiger partial charge in [0.1, 0.15) is 4.90 Å². The summed E-state index contributed by atoms with van der Waals surface area (Å²) in [6.07, 6.45) is 2.28. The highest BCUT2D eigenvalue weighted by atomic mass is 32.2. The van der Waals surface area contributed by atoms with E-state index in [2.05, 4.69) is 25.7 Å². The van der Waals surface area contributed by atoms with Gasteiger partial charge >= 0.3 is 0 Å². The number of nitrogens with one attached hydrogen (secondary N) is 1. The highest BCUT2D eigenvalue weighted by Gasteiger charge is 2.35. The van der Waals surface area contributed by atoms with Crippen molar-refractivity contribution in [1.29, 1.82) is 0 Å². The number of aromatic amines is 1. The molecule has 188 valence electrons. The van der Waals surface area contributed by atoms with E-state index in [1.807, 2.05) is 19.9 Å². The van der Waals surface area contributed by atoms with E-state index in [0.717, 1.165) is 10.9 Å². The molecule has 2 heterocycles. The number of rotatable bonds is 7. The first-order valence-electron chi connectivity index (χ1n) is 11.2. The standard InChI is InChI=1S/C20H23N7O4S2.C2H6/c1-4-12(5-2)32(28,29)17-10-9-14(13-7-6-8-16-15(13)11-22-27(16)3)18(19(17)33(21,30)31)20-23-25-26-24-20;1-2/h6-12H,4-5H2,1-3H3,(H2,21,30,31)(H,23,24,25,26);1-2H3. The molecule has 2 aromatic carbocycles. The molecule has 2 aromatic heterocycles. The highest BCUT2D eigenvalue weighted by molar-refractivity contribution is 7.94. The van der Waals surface area contributed by atoms with Crippen molar-refractivity contribution in [3.8, 4) is 22.5 Å². The van der Waals surface area contributed by atoms with Crippen LogP contribution in [0.15, 0.2) is 46.3 Å². The molecular weight excluding hydrogens is 490 g/mol. The van der Waals surface area contributed by atoms with Gasteiger partial charge in [0, 0.05) is 12.4 Å². The molecule has 0 bridgehead atoms. The number of sulfonamides is 1. The van der Waals surface area contributed by atoms with E-state index in [1.165, 1.54) is 6.07 Å². The summed E-state index contributed by atoms with van der Waals surface area (Å²) in [5.74, 6) is -0.0866. The summed E-state index contributed by atoms with van der Waals surface area (Å²) < 4.78 is 54.3.